The average Bonchev–Trinajstić information content (AvgIpc) is 3.38. The second-order valence-electron chi connectivity index (χ2n) is 6.42. The van der Waals surface area contributed by atoms with Crippen LogP contribution < -0.4 is 14.8 Å². The summed E-state index contributed by atoms with van der Waals surface area (Å²) in [6.07, 6.45) is 0. The van der Waals surface area contributed by atoms with E-state index in [4.69, 9.17) is 14.5 Å². The van der Waals surface area contributed by atoms with Crippen molar-refractivity contribution in [2.24, 2.45) is 0 Å². The molecular weight excluding hydrogens is 402 g/mol. The molecule has 0 amide bonds. The normalized spacial score (nSPS) is 11.1. The fraction of sp³-hybridized carbons (Fsp3) is 0.0909. The van der Waals surface area contributed by atoms with Crippen molar-refractivity contribution in [1.82, 2.24) is 9.97 Å². The summed E-state index contributed by atoms with van der Waals surface area (Å²) in [5, 5.41) is 9.42. The van der Waals surface area contributed by atoms with Crippen LogP contribution in [0.25, 0.3) is 32.2 Å². The Kier molecular flexibility index (Phi) is 4.54. The summed E-state index contributed by atoms with van der Waals surface area (Å²) in [6.45, 7) is 0. The maximum absolute atomic E-state index is 5.38. The minimum absolute atomic E-state index is 0.671. The number of nitrogens with zero attached hydrogens (tertiary/aromatic N) is 2. The minimum atomic E-state index is 0.671. The second-order valence-corrected chi connectivity index (χ2v) is 8.31. The molecule has 3 aromatic carbocycles. The highest BCUT2D eigenvalue weighted by atomic mass is 32.1. The molecule has 0 bridgehead atoms. The van der Waals surface area contributed by atoms with Gasteiger partial charge in [-0.15, -0.1) is 11.3 Å². The van der Waals surface area contributed by atoms with E-state index in [0.29, 0.717) is 11.5 Å². The van der Waals surface area contributed by atoms with Crippen molar-refractivity contribution in [3.05, 3.63) is 60.0 Å². The number of hydrogen-bond acceptors (Lipinski definition) is 7. The van der Waals surface area contributed by atoms with E-state index in [2.05, 4.69) is 58.1 Å². The quantitative estimate of drug-likeness (QED) is 0.360. The Hall–Kier alpha value is -3.16. The van der Waals surface area contributed by atoms with Crippen molar-refractivity contribution in [1.29, 1.82) is 0 Å². The van der Waals surface area contributed by atoms with E-state index in [1.165, 1.54) is 10.8 Å². The van der Waals surface area contributed by atoms with Crippen LogP contribution in [-0.2, 0) is 0 Å². The molecule has 2 heterocycles. The third kappa shape index (κ3) is 3.39. The summed E-state index contributed by atoms with van der Waals surface area (Å²) in [5.41, 5.74) is 2.92. The summed E-state index contributed by atoms with van der Waals surface area (Å²) in [5.74, 6) is 1.37. The Labute approximate surface area is 175 Å². The van der Waals surface area contributed by atoms with Gasteiger partial charge in [0.25, 0.3) is 0 Å². The van der Waals surface area contributed by atoms with Gasteiger partial charge >= 0.3 is 0 Å². The van der Waals surface area contributed by atoms with E-state index in [1.54, 1.807) is 36.9 Å². The lowest BCUT2D eigenvalue weighted by Gasteiger charge is -2.05. The van der Waals surface area contributed by atoms with E-state index in [1.807, 2.05) is 12.1 Å². The lowest BCUT2D eigenvalue weighted by molar-refractivity contribution is 0.356. The van der Waals surface area contributed by atoms with Gasteiger partial charge in [-0.05, 0) is 16.8 Å². The highest BCUT2D eigenvalue weighted by molar-refractivity contribution is 7.22. The number of thiazole rings is 2. The number of anilines is 2. The molecule has 1 N–H and O–H groups in total. The van der Waals surface area contributed by atoms with Gasteiger partial charge in [-0.25, -0.2) is 9.97 Å². The molecule has 144 valence electrons. The van der Waals surface area contributed by atoms with Gasteiger partial charge in [0, 0.05) is 23.1 Å². The van der Waals surface area contributed by atoms with Crippen LogP contribution in [-0.4, -0.2) is 24.2 Å². The zero-order chi connectivity index (χ0) is 19.8. The van der Waals surface area contributed by atoms with E-state index in [9.17, 15) is 0 Å². The molecule has 0 radical (unpaired) electrons. The molecule has 29 heavy (non-hydrogen) atoms. The summed E-state index contributed by atoms with van der Waals surface area (Å²) in [6, 6.07) is 18.6. The van der Waals surface area contributed by atoms with E-state index < -0.39 is 0 Å². The zero-order valence-corrected chi connectivity index (χ0v) is 17.4. The highest BCUT2D eigenvalue weighted by Crippen LogP contribution is 2.37. The van der Waals surface area contributed by atoms with Gasteiger partial charge < -0.3 is 14.8 Å². The van der Waals surface area contributed by atoms with Gasteiger partial charge in [0.1, 0.15) is 0 Å². The smallest absolute Gasteiger partial charge is 0.190 e. The molecular formula is C22H17N3O2S2. The summed E-state index contributed by atoms with van der Waals surface area (Å²) < 4.78 is 11.8. The summed E-state index contributed by atoms with van der Waals surface area (Å²) >= 11 is 3.12. The zero-order valence-electron chi connectivity index (χ0n) is 15.8. The maximum Gasteiger partial charge on any atom is 0.190 e. The molecule has 0 saturated carbocycles. The molecule has 5 aromatic rings. The molecule has 5 rings (SSSR count). The van der Waals surface area contributed by atoms with Gasteiger partial charge in [-0.3, -0.25) is 0 Å². The predicted octanol–water partition coefficient (Wildman–Crippen LogP) is 6.33. The van der Waals surface area contributed by atoms with Crippen molar-refractivity contribution in [2.75, 3.05) is 19.5 Å². The molecule has 0 atom stereocenters. The Balaban J connectivity index is 1.43. The van der Waals surface area contributed by atoms with Crippen LogP contribution in [0.5, 0.6) is 11.5 Å². The summed E-state index contributed by atoms with van der Waals surface area (Å²) in [7, 11) is 3.26. The number of rotatable bonds is 5. The molecule has 7 heteroatoms. The minimum Gasteiger partial charge on any atom is -0.493 e. The van der Waals surface area contributed by atoms with Gasteiger partial charge in [0.15, 0.2) is 21.8 Å². The van der Waals surface area contributed by atoms with Crippen LogP contribution in [0.4, 0.5) is 10.3 Å². The van der Waals surface area contributed by atoms with Crippen LogP contribution in [0, 0.1) is 0 Å². The fourth-order valence-corrected chi connectivity index (χ4v) is 4.87. The number of methoxy groups -OCH3 is 2. The van der Waals surface area contributed by atoms with Gasteiger partial charge in [-0.1, -0.05) is 47.7 Å². The lowest BCUT2D eigenvalue weighted by atomic mass is 10.1. The topological polar surface area (TPSA) is 56.3 Å². The Morgan fingerprint density at radius 2 is 1.62 bits per heavy atom. The number of benzene rings is 3. The van der Waals surface area contributed by atoms with Crippen LogP contribution in [0.15, 0.2) is 60.0 Å². The molecule has 0 unspecified atom stereocenters. The first-order valence-electron chi connectivity index (χ1n) is 8.98. The monoisotopic (exact) mass is 419 g/mol. The van der Waals surface area contributed by atoms with Crippen LogP contribution in [0.1, 0.15) is 0 Å². The number of ether oxygens (including phenoxy) is 2. The molecule has 2 aromatic heterocycles. The van der Waals surface area contributed by atoms with Gasteiger partial charge in [0.2, 0.25) is 0 Å². The third-order valence-electron chi connectivity index (χ3n) is 4.66. The number of hydrogen-bond donors (Lipinski definition) is 1. The van der Waals surface area contributed by atoms with Crippen molar-refractivity contribution >= 4 is 53.9 Å². The van der Waals surface area contributed by atoms with E-state index >= 15 is 0 Å². The predicted molar refractivity (Wildman–Crippen MR) is 121 cm³/mol. The molecule has 0 fully saturated rings. The van der Waals surface area contributed by atoms with Gasteiger partial charge in [0.05, 0.1) is 30.1 Å². The van der Waals surface area contributed by atoms with Crippen molar-refractivity contribution in [2.45, 2.75) is 0 Å². The average molecular weight is 420 g/mol. The first-order chi connectivity index (χ1) is 14.2. The summed E-state index contributed by atoms with van der Waals surface area (Å²) in [4.78, 5) is 9.40. The number of nitrogens with one attached hydrogen (secondary N) is 1. The SMILES string of the molecule is COc1cc2nc(Nc3nc(-c4ccc5ccccc5c4)cs3)sc2cc1OC. The van der Waals surface area contributed by atoms with Crippen molar-refractivity contribution in [3.8, 4) is 22.8 Å². The van der Waals surface area contributed by atoms with Crippen molar-refractivity contribution in [3.63, 3.8) is 0 Å². The molecule has 0 aliphatic carbocycles. The maximum atomic E-state index is 5.38. The Morgan fingerprint density at radius 1 is 0.828 bits per heavy atom. The molecule has 5 nitrogen and oxygen atoms in total. The molecule has 0 aliphatic rings. The number of aromatic nitrogens is 2. The Bertz CT molecular complexity index is 1290. The van der Waals surface area contributed by atoms with Crippen LogP contribution >= 0.6 is 22.7 Å². The second kappa shape index (κ2) is 7.35. The van der Waals surface area contributed by atoms with E-state index in [-0.39, 0.29) is 0 Å². The highest BCUT2D eigenvalue weighted by Gasteiger charge is 2.12. The van der Waals surface area contributed by atoms with Crippen LogP contribution in [0.3, 0.4) is 0 Å². The third-order valence-corrected chi connectivity index (χ3v) is 6.35. The largest absolute Gasteiger partial charge is 0.493 e. The van der Waals surface area contributed by atoms with Gasteiger partial charge in [-0.2, -0.15) is 0 Å². The lowest BCUT2D eigenvalue weighted by Crippen LogP contribution is -1.90. The van der Waals surface area contributed by atoms with Crippen LogP contribution in [0.2, 0.25) is 0 Å². The molecule has 0 spiro atoms. The molecule has 0 aliphatic heterocycles. The van der Waals surface area contributed by atoms with Crippen molar-refractivity contribution < 1.29 is 9.47 Å². The molecule has 0 saturated heterocycles. The van der Waals surface area contributed by atoms with E-state index in [0.717, 1.165) is 31.7 Å². The first kappa shape index (κ1) is 17.9. The number of fused-ring (bicyclic) bond motifs is 2. The Morgan fingerprint density at radius 3 is 2.45 bits per heavy atom. The standard InChI is InChI=1S/C22H17N3O2S2/c1-26-18-10-16-20(11-19(18)27-2)29-22(23-16)25-21-24-17(12-28-21)15-8-7-13-5-3-4-6-14(13)9-15/h3-12H,1-2H3,(H,23,24,25). The first-order valence-corrected chi connectivity index (χ1v) is 10.7. The fourth-order valence-electron chi connectivity index (χ4n) is 3.21.